The molecule has 1 aromatic carbocycles. The van der Waals surface area contributed by atoms with Gasteiger partial charge < -0.3 is 15.2 Å². The summed E-state index contributed by atoms with van der Waals surface area (Å²) in [6.07, 6.45) is 0.791. The van der Waals surface area contributed by atoms with Crippen molar-refractivity contribution in [1.82, 2.24) is 5.32 Å². The lowest BCUT2D eigenvalue weighted by Gasteiger charge is -2.30. The van der Waals surface area contributed by atoms with Gasteiger partial charge in [0.15, 0.2) is 0 Å². The van der Waals surface area contributed by atoms with Crippen molar-refractivity contribution in [2.45, 2.75) is 31.5 Å². The van der Waals surface area contributed by atoms with E-state index in [2.05, 4.69) is 5.32 Å². The first-order valence-electron chi connectivity index (χ1n) is 6.33. The third-order valence-electron chi connectivity index (χ3n) is 3.18. The molecule has 18 heavy (non-hydrogen) atoms. The molecule has 4 heteroatoms. The van der Waals surface area contributed by atoms with Crippen molar-refractivity contribution in [3.05, 3.63) is 29.8 Å². The van der Waals surface area contributed by atoms with Crippen LogP contribution in [0.3, 0.4) is 0 Å². The number of ether oxygens (including phenoxy) is 1. The van der Waals surface area contributed by atoms with Crippen molar-refractivity contribution in [3.63, 3.8) is 0 Å². The molecule has 0 aromatic heterocycles. The number of alkyl halides is 1. The molecule has 3 nitrogen and oxygen atoms in total. The lowest BCUT2D eigenvalue weighted by molar-refractivity contribution is 0.0483. The Hall–Kier alpha value is -1.13. The highest BCUT2D eigenvalue weighted by atomic mass is 19.1. The maximum absolute atomic E-state index is 14.5. The molecular weight excluding hydrogens is 233 g/mol. The van der Waals surface area contributed by atoms with Crippen LogP contribution in [0.1, 0.15) is 18.9 Å². The number of phenolic OH excluding ortho intramolecular Hbond substituents is 1. The lowest BCUT2D eigenvalue weighted by Crippen LogP contribution is -2.45. The molecule has 2 unspecified atom stereocenters. The first-order chi connectivity index (χ1) is 8.55. The van der Waals surface area contributed by atoms with Gasteiger partial charge in [0.05, 0.1) is 13.2 Å². The number of halogens is 1. The summed E-state index contributed by atoms with van der Waals surface area (Å²) in [4.78, 5) is 0. The summed E-state index contributed by atoms with van der Waals surface area (Å²) in [5.74, 6) is 0.210. The van der Waals surface area contributed by atoms with Crippen molar-refractivity contribution >= 4 is 0 Å². The Labute approximate surface area is 107 Å². The summed E-state index contributed by atoms with van der Waals surface area (Å²) in [5.41, 5.74) is -0.371. The molecule has 0 aliphatic carbocycles. The summed E-state index contributed by atoms with van der Waals surface area (Å²) in [6.45, 7) is 3.70. The quantitative estimate of drug-likeness (QED) is 0.863. The Morgan fingerprint density at radius 1 is 1.44 bits per heavy atom. The molecule has 100 valence electrons. The number of hydrogen-bond donors (Lipinski definition) is 2. The summed E-state index contributed by atoms with van der Waals surface area (Å²) >= 11 is 0. The second-order valence-corrected chi connectivity index (χ2v) is 5.19. The summed E-state index contributed by atoms with van der Waals surface area (Å²) in [5, 5.41) is 12.5. The molecule has 2 N–H and O–H groups in total. The van der Waals surface area contributed by atoms with E-state index < -0.39 is 5.67 Å². The van der Waals surface area contributed by atoms with Gasteiger partial charge in [-0.15, -0.1) is 0 Å². The zero-order valence-corrected chi connectivity index (χ0v) is 10.7. The molecule has 0 radical (unpaired) electrons. The van der Waals surface area contributed by atoms with Crippen molar-refractivity contribution < 1.29 is 14.2 Å². The van der Waals surface area contributed by atoms with Crippen LogP contribution in [0.15, 0.2) is 24.3 Å². The fourth-order valence-electron chi connectivity index (χ4n) is 2.38. The van der Waals surface area contributed by atoms with E-state index in [0.717, 1.165) is 12.1 Å². The minimum absolute atomic E-state index is 0.0888. The summed E-state index contributed by atoms with van der Waals surface area (Å²) in [7, 11) is 0. The van der Waals surface area contributed by atoms with E-state index in [-0.39, 0.29) is 11.8 Å². The highest BCUT2D eigenvalue weighted by Crippen LogP contribution is 2.25. The average molecular weight is 253 g/mol. The molecule has 2 rings (SSSR count). The van der Waals surface area contributed by atoms with Gasteiger partial charge in [-0.2, -0.15) is 0 Å². The fourth-order valence-corrected chi connectivity index (χ4v) is 2.38. The Bertz CT molecular complexity index is 372. The van der Waals surface area contributed by atoms with Crippen molar-refractivity contribution in [1.29, 1.82) is 0 Å². The zero-order valence-electron chi connectivity index (χ0n) is 10.7. The van der Waals surface area contributed by atoms with Crippen LogP contribution in [0.25, 0.3) is 0 Å². The average Bonchev–Trinajstić information content (AvgIpc) is 2.32. The standard InChI is InChI=1S/C14H20FNO2/c1-14(15,9-12-10-18-7-6-16-12)8-11-2-4-13(17)5-3-11/h2-5,12,16-17H,6-10H2,1H3. The van der Waals surface area contributed by atoms with E-state index in [1.165, 1.54) is 0 Å². The van der Waals surface area contributed by atoms with E-state index in [9.17, 15) is 9.50 Å². The maximum Gasteiger partial charge on any atom is 0.115 e. The van der Waals surface area contributed by atoms with Gasteiger partial charge in [0.2, 0.25) is 0 Å². The summed E-state index contributed by atoms with van der Waals surface area (Å²) < 4.78 is 19.8. The number of phenols is 1. The van der Waals surface area contributed by atoms with Crippen LogP contribution in [-0.4, -0.2) is 36.6 Å². The topological polar surface area (TPSA) is 41.5 Å². The van der Waals surface area contributed by atoms with Crippen molar-refractivity contribution in [3.8, 4) is 5.75 Å². The molecule has 1 fully saturated rings. The van der Waals surface area contributed by atoms with E-state index in [1.54, 1.807) is 31.2 Å². The molecule has 1 saturated heterocycles. The van der Waals surface area contributed by atoms with Crippen LogP contribution in [0, 0.1) is 0 Å². The normalized spacial score (nSPS) is 23.6. The molecule has 1 aliphatic rings. The van der Waals surface area contributed by atoms with Gasteiger partial charge in [-0.25, -0.2) is 4.39 Å². The van der Waals surface area contributed by atoms with Crippen molar-refractivity contribution in [2.75, 3.05) is 19.8 Å². The lowest BCUT2D eigenvalue weighted by atomic mass is 9.91. The molecule has 0 saturated carbocycles. The monoisotopic (exact) mass is 253 g/mol. The SMILES string of the molecule is CC(F)(Cc1ccc(O)cc1)CC1COCCN1. The predicted octanol–water partition coefficient (Wildman–Crippen LogP) is 2.04. The zero-order chi connectivity index (χ0) is 13.0. The van der Waals surface area contributed by atoms with E-state index in [1.807, 2.05) is 0 Å². The second-order valence-electron chi connectivity index (χ2n) is 5.19. The molecule has 1 heterocycles. The summed E-state index contributed by atoms with van der Waals surface area (Å²) in [6, 6.07) is 6.79. The Balaban J connectivity index is 1.91. The third kappa shape index (κ3) is 3.96. The van der Waals surface area contributed by atoms with Gasteiger partial charge in [0.1, 0.15) is 11.4 Å². The molecule has 1 aromatic rings. The Morgan fingerprint density at radius 2 is 2.17 bits per heavy atom. The third-order valence-corrected chi connectivity index (χ3v) is 3.18. The largest absolute Gasteiger partial charge is 0.508 e. The van der Waals surface area contributed by atoms with Gasteiger partial charge in [-0.1, -0.05) is 12.1 Å². The highest BCUT2D eigenvalue weighted by molar-refractivity contribution is 5.26. The Morgan fingerprint density at radius 3 is 2.78 bits per heavy atom. The maximum atomic E-state index is 14.5. The molecule has 1 aliphatic heterocycles. The molecule has 2 atom stereocenters. The first-order valence-corrected chi connectivity index (χ1v) is 6.33. The number of aromatic hydroxyl groups is 1. The van der Waals surface area contributed by atoms with E-state index in [4.69, 9.17) is 4.74 Å². The molecule has 0 amide bonds. The number of benzene rings is 1. The first kappa shape index (κ1) is 13.3. The van der Waals surface area contributed by atoms with Crippen LogP contribution in [0.4, 0.5) is 4.39 Å². The smallest absolute Gasteiger partial charge is 0.115 e. The van der Waals surface area contributed by atoms with Crippen molar-refractivity contribution in [2.24, 2.45) is 0 Å². The minimum Gasteiger partial charge on any atom is -0.508 e. The van der Waals surface area contributed by atoms with E-state index >= 15 is 0 Å². The van der Waals surface area contributed by atoms with Crippen LogP contribution >= 0.6 is 0 Å². The van der Waals surface area contributed by atoms with Crippen LogP contribution in [0.5, 0.6) is 5.75 Å². The van der Waals surface area contributed by atoms with Crippen LogP contribution in [-0.2, 0) is 11.2 Å². The predicted molar refractivity (Wildman–Crippen MR) is 68.6 cm³/mol. The molecular formula is C14H20FNO2. The van der Waals surface area contributed by atoms with E-state index in [0.29, 0.717) is 26.1 Å². The highest BCUT2D eigenvalue weighted by Gasteiger charge is 2.29. The minimum atomic E-state index is -1.27. The van der Waals surface area contributed by atoms with Gasteiger partial charge in [-0.3, -0.25) is 0 Å². The second kappa shape index (κ2) is 5.67. The molecule has 0 bridgehead atoms. The molecule has 0 spiro atoms. The van der Waals surface area contributed by atoms with Gasteiger partial charge >= 0.3 is 0 Å². The van der Waals surface area contributed by atoms with Crippen LogP contribution in [0.2, 0.25) is 0 Å². The number of nitrogens with one attached hydrogen (secondary N) is 1. The number of rotatable bonds is 4. The number of morpholine rings is 1. The van der Waals surface area contributed by atoms with Gasteiger partial charge in [0, 0.05) is 19.0 Å². The van der Waals surface area contributed by atoms with Crippen LogP contribution < -0.4 is 5.32 Å². The van der Waals surface area contributed by atoms with Gasteiger partial charge in [0.25, 0.3) is 0 Å². The van der Waals surface area contributed by atoms with Gasteiger partial charge in [-0.05, 0) is 31.0 Å². The Kier molecular flexibility index (Phi) is 4.19. The fraction of sp³-hybridized carbons (Fsp3) is 0.571. The number of hydrogen-bond acceptors (Lipinski definition) is 3.